The van der Waals surface area contributed by atoms with Gasteiger partial charge in [-0.15, -0.1) is 0 Å². The molecule has 2 N–H and O–H groups in total. The first-order valence-electron chi connectivity index (χ1n) is 6.13. The number of rotatable bonds is 6. The fraction of sp³-hybridized carbons (Fsp3) is 0.429. The van der Waals surface area contributed by atoms with Gasteiger partial charge >= 0.3 is 5.97 Å². The summed E-state index contributed by atoms with van der Waals surface area (Å²) in [5, 5.41) is 11.9. The Morgan fingerprint density at radius 1 is 1.42 bits per heavy atom. The number of amides is 1. The van der Waals surface area contributed by atoms with Gasteiger partial charge in [0.25, 0.3) is 0 Å². The van der Waals surface area contributed by atoms with Gasteiger partial charge in [-0.2, -0.15) is 0 Å². The van der Waals surface area contributed by atoms with E-state index in [1.54, 1.807) is 19.1 Å². The molecule has 1 aromatic rings. The van der Waals surface area contributed by atoms with Gasteiger partial charge in [0.2, 0.25) is 5.91 Å². The van der Waals surface area contributed by atoms with Gasteiger partial charge in [-0.3, -0.25) is 9.59 Å². The minimum atomic E-state index is -1.03. The maximum atomic E-state index is 11.6. The lowest BCUT2D eigenvalue weighted by atomic mass is 9.93. The zero-order valence-corrected chi connectivity index (χ0v) is 11.4. The van der Waals surface area contributed by atoms with Crippen LogP contribution in [0.15, 0.2) is 18.2 Å². The van der Waals surface area contributed by atoms with E-state index in [4.69, 9.17) is 4.74 Å². The number of hydrogen-bond acceptors (Lipinski definition) is 3. The number of ether oxygens (including phenoxy) is 1. The largest absolute Gasteiger partial charge is 0.496 e. The summed E-state index contributed by atoms with van der Waals surface area (Å²) in [6, 6.07) is 5.31. The Morgan fingerprint density at radius 3 is 2.63 bits per heavy atom. The first-order valence-corrected chi connectivity index (χ1v) is 6.13. The Hall–Kier alpha value is -2.04. The van der Waals surface area contributed by atoms with Crippen molar-refractivity contribution in [1.82, 2.24) is 5.32 Å². The van der Waals surface area contributed by atoms with Gasteiger partial charge in [0.05, 0.1) is 13.0 Å². The van der Waals surface area contributed by atoms with Crippen LogP contribution in [0.2, 0.25) is 0 Å². The number of carboxylic acid groups (broad SMARTS) is 1. The maximum Gasteiger partial charge on any atom is 0.311 e. The summed E-state index contributed by atoms with van der Waals surface area (Å²) in [5.41, 5.74) is 1.46. The molecule has 0 radical (unpaired) electrons. The molecule has 0 saturated carbocycles. The molecule has 0 aromatic heterocycles. The number of aliphatic carboxylic acids is 1. The fourth-order valence-electron chi connectivity index (χ4n) is 1.91. The second kappa shape index (κ2) is 6.78. The van der Waals surface area contributed by atoms with E-state index < -0.39 is 11.9 Å². The predicted octanol–water partition coefficient (Wildman–Crippen LogP) is 1.70. The molecule has 104 valence electrons. The van der Waals surface area contributed by atoms with E-state index in [1.165, 1.54) is 7.11 Å². The van der Waals surface area contributed by atoms with Crippen LogP contribution in [0, 0.1) is 6.92 Å². The summed E-state index contributed by atoms with van der Waals surface area (Å²) in [6.45, 7) is 4.14. The Balaban J connectivity index is 3.08. The van der Waals surface area contributed by atoms with Crippen molar-refractivity contribution in [3.63, 3.8) is 0 Å². The van der Waals surface area contributed by atoms with E-state index in [9.17, 15) is 14.7 Å². The number of hydrogen-bond donors (Lipinski definition) is 2. The SMILES string of the molecule is CCNC(=O)CC(C(=O)O)c1cc(C)ccc1OC. The lowest BCUT2D eigenvalue weighted by molar-refractivity contribution is -0.140. The monoisotopic (exact) mass is 265 g/mol. The first-order chi connectivity index (χ1) is 8.99. The molecule has 1 rings (SSSR count). The molecular weight excluding hydrogens is 246 g/mol. The third-order valence-electron chi connectivity index (χ3n) is 2.82. The molecule has 0 saturated heterocycles. The van der Waals surface area contributed by atoms with Gasteiger partial charge in [0, 0.05) is 18.5 Å². The van der Waals surface area contributed by atoms with E-state index in [0.717, 1.165) is 5.56 Å². The van der Waals surface area contributed by atoms with E-state index in [0.29, 0.717) is 17.9 Å². The summed E-state index contributed by atoms with van der Waals surface area (Å²) in [7, 11) is 1.49. The number of carbonyl (C=O) groups is 2. The van der Waals surface area contributed by atoms with Gasteiger partial charge < -0.3 is 15.2 Å². The van der Waals surface area contributed by atoms with Crippen molar-refractivity contribution in [3.05, 3.63) is 29.3 Å². The zero-order chi connectivity index (χ0) is 14.4. The highest BCUT2D eigenvalue weighted by molar-refractivity contribution is 5.86. The molecule has 1 unspecified atom stereocenters. The van der Waals surface area contributed by atoms with Crippen LogP contribution < -0.4 is 10.1 Å². The average Bonchev–Trinajstić information content (AvgIpc) is 2.36. The summed E-state index contributed by atoms with van der Waals surface area (Å²) < 4.78 is 5.18. The van der Waals surface area contributed by atoms with Gasteiger partial charge in [0.15, 0.2) is 0 Å². The number of nitrogens with one attached hydrogen (secondary N) is 1. The molecule has 0 aliphatic heterocycles. The number of methoxy groups -OCH3 is 1. The lowest BCUT2D eigenvalue weighted by Crippen LogP contribution is -2.27. The number of benzene rings is 1. The third-order valence-corrected chi connectivity index (χ3v) is 2.82. The minimum absolute atomic E-state index is 0.0943. The second-order valence-electron chi connectivity index (χ2n) is 4.29. The highest BCUT2D eigenvalue weighted by atomic mass is 16.5. The summed E-state index contributed by atoms with van der Waals surface area (Å²) >= 11 is 0. The molecular formula is C14H19NO4. The van der Waals surface area contributed by atoms with Crippen LogP contribution in [0.1, 0.15) is 30.4 Å². The number of carbonyl (C=O) groups excluding carboxylic acids is 1. The number of aryl methyl sites for hydroxylation is 1. The summed E-state index contributed by atoms with van der Waals surface area (Å²) in [6.07, 6.45) is -0.0943. The normalized spacial score (nSPS) is 11.7. The van der Waals surface area contributed by atoms with Gasteiger partial charge in [-0.05, 0) is 19.9 Å². The molecule has 0 aliphatic rings. The summed E-state index contributed by atoms with van der Waals surface area (Å²) in [5.74, 6) is -1.72. The maximum absolute atomic E-state index is 11.6. The van der Waals surface area contributed by atoms with E-state index in [-0.39, 0.29) is 12.3 Å². The van der Waals surface area contributed by atoms with E-state index in [2.05, 4.69) is 5.32 Å². The van der Waals surface area contributed by atoms with Crippen molar-refractivity contribution < 1.29 is 19.4 Å². The fourth-order valence-corrected chi connectivity index (χ4v) is 1.91. The quantitative estimate of drug-likeness (QED) is 0.820. The first kappa shape index (κ1) is 15.0. The Bertz CT molecular complexity index is 471. The molecule has 0 bridgehead atoms. The van der Waals surface area contributed by atoms with Crippen molar-refractivity contribution in [3.8, 4) is 5.75 Å². The second-order valence-corrected chi connectivity index (χ2v) is 4.29. The number of carboxylic acids is 1. The highest BCUT2D eigenvalue weighted by Crippen LogP contribution is 2.30. The molecule has 0 spiro atoms. The molecule has 1 amide bonds. The van der Waals surface area contributed by atoms with Crippen LogP contribution in [0.5, 0.6) is 5.75 Å². The summed E-state index contributed by atoms with van der Waals surface area (Å²) in [4.78, 5) is 23.0. The van der Waals surface area contributed by atoms with Gasteiger partial charge in [-0.1, -0.05) is 17.7 Å². The average molecular weight is 265 g/mol. The van der Waals surface area contributed by atoms with Crippen LogP contribution in [0.3, 0.4) is 0 Å². The molecule has 0 heterocycles. The lowest BCUT2D eigenvalue weighted by Gasteiger charge is -2.16. The highest BCUT2D eigenvalue weighted by Gasteiger charge is 2.26. The predicted molar refractivity (Wildman–Crippen MR) is 71.4 cm³/mol. The van der Waals surface area contributed by atoms with Crippen LogP contribution in [0.25, 0.3) is 0 Å². The molecule has 1 atom stereocenters. The van der Waals surface area contributed by atoms with Crippen LogP contribution in [-0.2, 0) is 9.59 Å². The van der Waals surface area contributed by atoms with Crippen molar-refractivity contribution in [2.45, 2.75) is 26.2 Å². The van der Waals surface area contributed by atoms with Crippen molar-refractivity contribution in [1.29, 1.82) is 0 Å². The smallest absolute Gasteiger partial charge is 0.311 e. The van der Waals surface area contributed by atoms with Crippen molar-refractivity contribution >= 4 is 11.9 Å². The minimum Gasteiger partial charge on any atom is -0.496 e. The molecule has 1 aromatic carbocycles. The Labute approximate surface area is 112 Å². The van der Waals surface area contributed by atoms with Crippen LogP contribution >= 0.6 is 0 Å². The third kappa shape index (κ3) is 3.98. The molecule has 5 heteroatoms. The van der Waals surface area contributed by atoms with Gasteiger partial charge in [-0.25, -0.2) is 0 Å². The zero-order valence-electron chi connectivity index (χ0n) is 11.4. The van der Waals surface area contributed by atoms with E-state index in [1.807, 2.05) is 13.0 Å². The molecule has 19 heavy (non-hydrogen) atoms. The Morgan fingerprint density at radius 2 is 2.11 bits per heavy atom. The van der Waals surface area contributed by atoms with E-state index >= 15 is 0 Å². The van der Waals surface area contributed by atoms with Crippen LogP contribution in [-0.4, -0.2) is 30.6 Å². The molecule has 0 fully saturated rings. The molecule has 5 nitrogen and oxygen atoms in total. The van der Waals surface area contributed by atoms with Crippen molar-refractivity contribution in [2.75, 3.05) is 13.7 Å². The topological polar surface area (TPSA) is 75.6 Å². The standard InChI is InChI=1S/C14H19NO4/c1-4-15-13(16)8-11(14(17)18)10-7-9(2)5-6-12(10)19-3/h5-7,11H,4,8H2,1-3H3,(H,15,16)(H,17,18). The van der Waals surface area contributed by atoms with Crippen molar-refractivity contribution in [2.24, 2.45) is 0 Å². The molecule has 0 aliphatic carbocycles. The van der Waals surface area contributed by atoms with Gasteiger partial charge in [0.1, 0.15) is 5.75 Å². The Kier molecular flexibility index (Phi) is 5.36. The van der Waals surface area contributed by atoms with Crippen LogP contribution in [0.4, 0.5) is 0 Å².